The van der Waals surface area contributed by atoms with E-state index in [1.807, 2.05) is 49.4 Å². The third-order valence-electron chi connectivity index (χ3n) is 7.18. The fourth-order valence-corrected chi connectivity index (χ4v) is 5.74. The number of carbonyl (C=O) groups is 1. The van der Waals surface area contributed by atoms with Crippen molar-refractivity contribution in [3.8, 4) is 17.2 Å². The van der Waals surface area contributed by atoms with Gasteiger partial charge in [0.1, 0.15) is 22.7 Å². The first kappa shape index (κ1) is 30.6. The Morgan fingerprint density at radius 3 is 2.41 bits per heavy atom. The first-order chi connectivity index (χ1) is 19.8. The van der Waals surface area contributed by atoms with Crippen molar-refractivity contribution in [1.82, 2.24) is 14.5 Å². The van der Waals surface area contributed by atoms with E-state index in [2.05, 4.69) is 22.9 Å². The Balaban J connectivity index is 1.92. The second-order valence-electron chi connectivity index (χ2n) is 9.83. The second kappa shape index (κ2) is 14.0. The Morgan fingerprint density at radius 1 is 1.02 bits per heavy atom. The number of fused-ring (bicyclic) bond motifs is 1. The van der Waals surface area contributed by atoms with E-state index in [-0.39, 0.29) is 11.5 Å². The quantitative estimate of drug-likeness (QED) is 0.118. The molecular formula is C32H35BrClN3O4. The lowest BCUT2D eigenvalue weighted by Crippen LogP contribution is -2.39. The SMILES string of the molecule is CCCCCCN(C(=O)C(Cl)c1ccccc1)C(C)c1nc2ccccc2c(=O)n1-c1cc(OC)cc(OC)c1Br. The monoisotopic (exact) mass is 639 g/mol. The smallest absolute Gasteiger partial charge is 0.266 e. The summed E-state index contributed by atoms with van der Waals surface area (Å²) in [7, 11) is 3.10. The number of amides is 1. The molecule has 0 N–H and O–H groups in total. The summed E-state index contributed by atoms with van der Waals surface area (Å²) in [6.07, 6.45) is 3.91. The highest BCUT2D eigenvalue weighted by atomic mass is 79.9. The van der Waals surface area contributed by atoms with Crippen molar-refractivity contribution in [2.24, 2.45) is 0 Å². The number of nitrogens with zero attached hydrogens (tertiary/aromatic N) is 3. The van der Waals surface area contributed by atoms with Crippen LogP contribution in [0.25, 0.3) is 16.6 Å². The molecule has 0 aliphatic carbocycles. The van der Waals surface area contributed by atoms with Crippen molar-refractivity contribution >= 4 is 44.3 Å². The molecule has 216 valence electrons. The van der Waals surface area contributed by atoms with Gasteiger partial charge in [0.05, 0.1) is 41.3 Å². The van der Waals surface area contributed by atoms with Gasteiger partial charge in [-0.3, -0.25) is 14.2 Å². The zero-order valence-electron chi connectivity index (χ0n) is 23.8. The first-order valence-electron chi connectivity index (χ1n) is 13.7. The Labute approximate surface area is 254 Å². The van der Waals surface area contributed by atoms with Crippen LogP contribution in [0.5, 0.6) is 11.5 Å². The molecular weight excluding hydrogens is 606 g/mol. The number of halogens is 2. The number of benzene rings is 3. The summed E-state index contributed by atoms with van der Waals surface area (Å²) in [5.74, 6) is 1.18. The number of para-hydroxylation sites is 1. The van der Waals surface area contributed by atoms with Gasteiger partial charge < -0.3 is 14.4 Å². The lowest BCUT2D eigenvalue weighted by molar-refractivity contribution is -0.133. The van der Waals surface area contributed by atoms with Gasteiger partial charge in [-0.15, -0.1) is 11.6 Å². The van der Waals surface area contributed by atoms with Crippen LogP contribution in [0.2, 0.25) is 0 Å². The van der Waals surface area contributed by atoms with Gasteiger partial charge in [0.15, 0.2) is 0 Å². The van der Waals surface area contributed by atoms with Gasteiger partial charge >= 0.3 is 0 Å². The summed E-state index contributed by atoms with van der Waals surface area (Å²) in [4.78, 5) is 34.9. The zero-order chi connectivity index (χ0) is 29.5. The Bertz CT molecular complexity index is 1560. The van der Waals surface area contributed by atoms with Crippen LogP contribution >= 0.6 is 27.5 Å². The fourth-order valence-electron chi connectivity index (χ4n) is 4.90. The normalized spacial score (nSPS) is 12.6. The van der Waals surface area contributed by atoms with Crippen LogP contribution in [0.15, 0.2) is 76.0 Å². The number of rotatable bonds is 12. The van der Waals surface area contributed by atoms with E-state index in [1.165, 1.54) is 0 Å². The van der Waals surface area contributed by atoms with Gasteiger partial charge in [-0.25, -0.2) is 4.98 Å². The van der Waals surface area contributed by atoms with Crippen molar-refractivity contribution in [3.63, 3.8) is 0 Å². The summed E-state index contributed by atoms with van der Waals surface area (Å²) in [6, 6.07) is 19.4. The minimum Gasteiger partial charge on any atom is -0.497 e. The number of ether oxygens (including phenoxy) is 2. The summed E-state index contributed by atoms with van der Waals surface area (Å²) in [5.41, 5.74) is 1.49. The number of hydrogen-bond donors (Lipinski definition) is 0. The van der Waals surface area contributed by atoms with Crippen LogP contribution in [0.4, 0.5) is 0 Å². The van der Waals surface area contributed by atoms with Crippen LogP contribution < -0.4 is 15.0 Å². The maximum absolute atomic E-state index is 14.1. The molecule has 2 unspecified atom stereocenters. The molecule has 4 aromatic rings. The number of methoxy groups -OCH3 is 2. The van der Waals surface area contributed by atoms with Gasteiger partial charge in [0, 0.05) is 18.7 Å². The minimum atomic E-state index is -0.880. The van der Waals surface area contributed by atoms with Crippen molar-refractivity contribution < 1.29 is 14.3 Å². The molecule has 2 atom stereocenters. The van der Waals surface area contributed by atoms with Crippen LogP contribution in [0, 0.1) is 0 Å². The molecule has 1 aromatic heterocycles. The fraction of sp³-hybridized carbons (Fsp3) is 0.344. The molecule has 1 heterocycles. The van der Waals surface area contributed by atoms with E-state index in [1.54, 1.807) is 48.0 Å². The maximum Gasteiger partial charge on any atom is 0.266 e. The molecule has 4 rings (SSSR count). The van der Waals surface area contributed by atoms with E-state index in [0.29, 0.717) is 50.5 Å². The van der Waals surface area contributed by atoms with Crippen LogP contribution in [0.1, 0.15) is 62.3 Å². The third-order valence-corrected chi connectivity index (χ3v) is 8.41. The molecule has 41 heavy (non-hydrogen) atoms. The largest absolute Gasteiger partial charge is 0.497 e. The molecule has 0 fully saturated rings. The lowest BCUT2D eigenvalue weighted by Gasteiger charge is -2.32. The van der Waals surface area contributed by atoms with Gasteiger partial charge in [0.2, 0.25) is 5.91 Å². The molecule has 0 saturated carbocycles. The molecule has 1 amide bonds. The molecule has 3 aromatic carbocycles. The topological polar surface area (TPSA) is 73.7 Å². The number of hydrogen-bond acceptors (Lipinski definition) is 5. The Kier molecular flexibility index (Phi) is 10.5. The molecule has 9 heteroatoms. The summed E-state index contributed by atoms with van der Waals surface area (Å²) in [6.45, 7) is 4.51. The van der Waals surface area contributed by atoms with Crippen molar-refractivity contribution in [1.29, 1.82) is 0 Å². The Hall–Kier alpha value is -3.36. The van der Waals surface area contributed by atoms with Gasteiger partial charge in [-0.05, 0) is 47.0 Å². The van der Waals surface area contributed by atoms with Crippen molar-refractivity contribution in [2.75, 3.05) is 20.8 Å². The minimum absolute atomic E-state index is 0.238. The van der Waals surface area contributed by atoms with Gasteiger partial charge in [-0.2, -0.15) is 0 Å². The maximum atomic E-state index is 14.1. The summed E-state index contributed by atoms with van der Waals surface area (Å²) < 4.78 is 13.2. The average Bonchev–Trinajstić information content (AvgIpc) is 3.01. The van der Waals surface area contributed by atoms with E-state index in [0.717, 1.165) is 25.7 Å². The average molecular weight is 641 g/mol. The number of aromatic nitrogens is 2. The zero-order valence-corrected chi connectivity index (χ0v) is 26.1. The van der Waals surface area contributed by atoms with Crippen LogP contribution in [-0.4, -0.2) is 41.1 Å². The van der Waals surface area contributed by atoms with Crippen LogP contribution in [0.3, 0.4) is 0 Å². The van der Waals surface area contributed by atoms with E-state index >= 15 is 0 Å². The van der Waals surface area contributed by atoms with E-state index in [9.17, 15) is 9.59 Å². The van der Waals surface area contributed by atoms with E-state index in [4.69, 9.17) is 26.1 Å². The predicted molar refractivity (Wildman–Crippen MR) is 167 cm³/mol. The molecule has 0 radical (unpaired) electrons. The van der Waals surface area contributed by atoms with Gasteiger partial charge in [-0.1, -0.05) is 68.7 Å². The lowest BCUT2D eigenvalue weighted by atomic mass is 10.1. The highest BCUT2D eigenvalue weighted by molar-refractivity contribution is 9.10. The standard InChI is InChI=1S/C32H35BrClN3O4/c1-5-6-7-13-18-36(32(39)29(34)22-14-9-8-10-15-22)21(2)30-35-25-17-12-11-16-24(25)31(38)37(30)26-19-23(40-3)20-27(41-4)28(26)33/h8-12,14-17,19-21,29H,5-7,13,18H2,1-4H3. The summed E-state index contributed by atoms with van der Waals surface area (Å²) >= 11 is 10.4. The second-order valence-corrected chi connectivity index (χ2v) is 11.1. The molecule has 0 spiro atoms. The number of unbranched alkanes of at least 4 members (excludes halogenated alkanes) is 3. The summed E-state index contributed by atoms with van der Waals surface area (Å²) in [5, 5.41) is -0.424. The molecule has 0 bridgehead atoms. The first-order valence-corrected chi connectivity index (χ1v) is 15.0. The van der Waals surface area contributed by atoms with Crippen molar-refractivity contribution in [2.45, 2.75) is 50.9 Å². The third kappa shape index (κ3) is 6.60. The van der Waals surface area contributed by atoms with Gasteiger partial charge in [0.25, 0.3) is 5.56 Å². The molecule has 0 saturated heterocycles. The van der Waals surface area contributed by atoms with Crippen molar-refractivity contribution in [3.05, 3.63) is 92.9 Å². The van der Waals surface area contributed by atoms with E-state index < -0.39 is 11.4 Å². The number of carbonyl (C=O) groups excluding carboxylic acids is 1. The molecule has 7 nitrogen and oxygen atoms in total. The number of alkyl halides is 1. The molecule has 0 aliphatic rings. The predicted octanol–water partition coefficient (Wildman–Crippen LogP) is 7.62. The highest BCUT2D eigenvalue weighted by Crippen LogP contribution is 2.37. The van der Waals surface area contributed by atoms with Crippen LogP contribution in [-0.2, 0) is 4.79 Å². The molecule has 0 aliphatic heterocycles. The Morgan fingerprint density at radius 2 is 1.73 bits per heavy atom. The highest BCUT2D eigenvalue weighted by Gasteiger charge is 2.31.